The van der Waals surface area contributed by atoms with Gasteiger partial charge in [0.05, 0.1) is 6.42 Å². The molecule has 0 aliphatic rings. The molecule has 0 aliphatic carbocycles. The zero-order chi connectivity index (χ0) is 20.6. The van der Waals surface area contributed by atoms with Crippen molar-refractivity contribution in [3.05, 3.63) is 77.7 Å². The van der Waals surface area contributed by atoms with E-state index in [0.717, 1.165) is 23.0 Å². The van der Waals surface area contributed by atoms with Crippen LogP contribution < -0.4 is 5.73 Å². The van der Waals surface area contributed by atoms with Crippen LogP contribution in [0.25, 0.3) is 10.9 Å². The molecule has 0 saturated carbocycles. The average Bonchev–Trinajstić information content (AvgIpc) is 3.24. The summed E-state index contributed by atoms with van der Waals surface area (Å²) >= 11 is 0. The fourth-order valence-electron chi connectivity index (χ4n) is 3.44. The second-order valence-corrected chi connectivity index (χ2v) is 8.31. The summed E-state index contributed by atoms with van der Waals surface area (Å²) in [7, 11) is 0. The highest BCUT2D eigenvalue weighted by atomic mass is 16.2. The van der Waals surface area contributed by atoms with Gasteiger partial charge in [0.25, 0.3) is 5.91 Å². The molecule has 4 aromatic rings. The predicted molar refractivity (Wildman–Crippen MR) is 115 cm³/mol. The fourth-order valence-corrected chi connectivity index (χ4v) is 3.44. The van der Waals surface area contributed by atoms with Gasteiger partial charge < -0.3 is 10.3 Å². The van der Waals surface area contributed by atoms with Crippen molar-refractivity contribution in [3.63, 3.8) is 0 Å². The van der Waals surface area contributed by atoms with Gasteiger partial charge in [0, 0.05) is 29.1 Å². The maximum atomic E-state index is 13.0. The lowest BCUT2D eigenvalue weighted by Crippen LogP contribution is -2.19. The first kappa shape index (κ1) is 18.9. The molecule has 2 aromatic heterocycles. The third-order valence-electron chi connectivity index (χ3n) is 4.95. The van der Waals surface area contributed by atoms with Crippen molar-refractivity contribution in [3.8, 4) is 0 Å². The Labute approximate surface area is 170 Å². The molecule has 4 rings (SSSR count). The molecule has 6 heteroatoms. The summed E-state index contributed by atoms with van der Waals surface area (Å²) in [6.07, 6.45) is 2.26. The standard InChI is InChI=1S/C23H25N5O/c1-23(2,3)21-25-22(24)28(26-21)20(29)13-17-15-27(14-16-9-5-4-6-10-16)19-12-8-7-11-18(17)19/h4-12,15H,13-14H2,1-3H3,(H2,24,25,26). The molecule has 2 N–H and O–H groups in total. The summed E-state index contributed by atoms with van der Waals surface area (Å²) in [6.45, 7) is 6.73. The minimum atomic E-state index is -0.272. The Bertz CT molecular complexity index is 1170. The molecule has 29 heavy (non-hydrogen) atoms. The van der Waals surface area contributed by atoms with Crippen LogP contribution in [0.5, 0.6) is 0 Å². The third kappa shape index (κ3) is 3.78. The van der Waals surface area contributed by atoms with E-state index in [1.54, 1.807) is 0 Å². The molecule has 0 spiro atoms. The molecule has 0 amide bonds. The molecule has 148 valence electrons. The lowest BCUT2D eigenvalue weighted by atomic mass is 9.96. The van der Waals surface area contributed by atoms with Crippen molar-refractivity contribution in [2.45, 2.75) is 39.2 Å². The second-order valence-electron chi connectivity index (χ2n) is 8.31. The Balaban J connectivity index is 1.66. The molecule has 2 heterocycles. The van der Waals surface area contributed by atoms with Crippen LogP contribution in [0.1, 0.15) is 42.5 Å². The van der Waals surface area contributed by atoms with Crippen LogP contribution in [-0.4, -0.2) is 25.2 Å². The number of benzene rings is 2. The Kier molecular flexibility index (Phi) is 4.70. The topological polar surface area (TPSA) is 78.7 Å². The number of para-hydroxylation sites is 1. The number of nitrogens with zero attached hydrogens (tertiary/aromatic N) is 4. The van der Waals surface area contributed by atoms with Gasteiger partial charge in [-0.1, -0.05) is 69.3 Å². The molecule has 0 radical (unpaired) electrons. The van der Waals surface area contributed by atoms with Gasteiger partial charge in [0.15, 0.2) is 5.82 Å². The van der Waals surface area contributed by atoms with E-state index in [2.05, 4.69) is 32.8 Å². The smallest absolute Gasteiger partial charge is 0.254 e. The van der Waals surface area contributed by atoms with Crippen LogP contribution >= 0.6 is 0 Å². The monoisotopic (exact) mass is 387 g/mol. The highest BCUT2D eigenvalue weighted by Gasteiger charge is 2.24. The first-order valence-electron chi connectivity index (χ1n) is 9.70. The normalized spacial score (nSPS) is 11.8. The lowest BCUT2D eigenvalue weighted by molar-refractivity contribution is 0.0900. The van der Waals surface area contributed by atoms with Crippen molar-refractivity contribution < 1.29 is 4.79 Å². The van der Waals surface area contributed by atoms with Crippen molar-refractivity contribution in [2.24, 2.45) is 0 Å². The summed E-state index contributed by atoms with van der Waals surface area (Å²) in [5.41, 5.74) is 8.96. The van der Waals surface area contributed by atoms with Crippen LogP contribution in [-0.2, 0) is 18.4 Å². The molecular formula is C23H25N5O. The van der Waals surface area contributed by atoms with Gasteiger partial charge in [-0.05, 0) is 17.2 Å². The van der Waals surface area contributed by atoms with Crippen molar-refractivity contribution in [2.75, 3.05) is 5.73 Å². The summed E-state index contributed by atoms with van der Waals surface area (Å²) in [6, 6.07) is 18.4. The average molecular weight is 387 g/mol. The van der Waals surface area contributed by atoms with Crippen LogP contribution in [0.4, 0.5) is 5.95 Å². The third-order valence-corrected chi connectivity index (χ3v) is 4.95. The Hall–Kier alpha value is -3.41. The highest BCUT2D eigenvalue weighted by Crippen LogP contribution is 2.24. The van der Waals surface area contributed by atoms with E-state index in [0.29, 0.717) is 5.82 Å². The molecule has 0 aliphatic heterocycles. The zero-order valence-electron chi connectivity index (χ0n) is 17.0. The van der Waals surface area contributed by atoms with Gasteiger partial charge >= 0.3 is 0 Å². The fraction of sp³-hybridized carbons (Fsp3) is 0.261. The Morgan fingerprint density at radius 1 is 1.03 bits per heavy atom. The number of carbonyl (C=O) groups is 1. The van der Waals surface area contributed by atoms with Crippen LogP contribution in [0.3, 0.4) is 0 Å². The lowest BCUT2D eigenvalue weighted by Gasteiger charge is -2.11. The first-order valence-corrected chi connectivity index (χ1v) is 9.70. The molecule has 0 atom stereocenters. The van der Waals surface area contributed by atoms with E-state index in [4.69, 9.17) is 5.73 Å². The van der Waals surface area contributed by atoms with Crippen LogP contribution in [0.2, 0.25) is 0 Å². The summed E-state index contributed by atoms with van der Waals surface area (Å²) in [4.78, 5) is 17.2. The Morgan fingerprint density at radius 3 is 2.41 bits per heavy atom. The van der Waals surface area contributed by atoms with Gasteiger partial charge in [0.1, 0.15) is 0 Å². The molecule has 0 bridgehead atoms. The maximum absolute atomic E-state index is 13.0. The summed E-state index contributed by atoms with van der Waals surface area (Å²) < 4.78 is 3.41. The second kappa shape index (κ2) is 7.20. The maximum Gasteiger partial charge on any atom is 0.254 e. The quantitative estimate of drug-likeness (QED) is 0.573. The number of hydrogen-bond donors (Lipinski definition) is 1. The van der Waals surface area contributed by atoms with Crippen molar-refractivity contribution in [1.82, 2.24) is 19.3 Å². The number of nitrogen functional groups attached to an aromatic ring is 1. The number of hydrogen-bond acceptors (Lipinski definition) is 4. The first-order chi connectivity index (χ1) is 13.8. The van der Waals surface area contributed by atoms with Crippen molar-refractivity contribution in [1.29, 1.82) is 0 Å². The summed E-state index contributed by atoms with van der Waals surface area (Å²) in [5, 5.41) is 5.42. The minimum Gasteiger partial charge on any atom is -0.368 e. The van der Waals surface area contributed by atoms with Crippen LogP contribution in [0, 0.1) is 0 Å². The largest absolute Gasteiger partial charge is 0.368 e. The van der Waals surface area contributed by atoms with Gasteiger partial charge in [0.2, 0.25) is 5.95 Å². The predicted octanol–water partition coefficient (Wildman–Crippen LogP) is 4.04. The highest BCUT2D eigenvalue weighted by molar-refractivity contribution is 5.90. The number of carbonyl (C=O) groups excluding carboxylic acids is 1. The molecular weight excluding hydrogens is 362 g/mol. The van der Waals surface area contributed by atoms with E-state index in [1.807, 2.05) is 63.4 Å². The van der Waals surface area contributed by atoms with Crippen molar-refractivity contribution >= 4 is 22.8 Å². The number of aromatic nitrogens is 4. The van der Waals surface area contributed by atoms with Gasteiger partial charge in [-0.25, -0.2) is 0 Å². The molecule has 2 aromatic carbocycles. The van der Waals surface area contributed by atoms with Gasteiger partial charge in [-0.15, -0.1) is 5.10 Å². The number of nitrogens with two attached hydrogens (primary N) is 1. The van der Waals surface area contributed by atoms with E-state index in [9.17, 15) is 4.79 Å². The molecule has 0 fully saturated rings. The number of rotatable bonds is 4. The minimum absolute atomic E-state index is 0.132. The number of anilines is 1. The SMILES string of the molecule is CC(C)(C)c1nc(N)n(C(=O)Cc2cn(Cc3ccccc3)c3ccccc23)n1. The van der Waals surface area contributed by atoms with Crippen LogP contribution in [0.15, 0.2) is 60.8 Å². The van der Waals surface area contributed by atoms with Gasteiger partial charge in [-0.2, -0.15) is 9.67 Å². The molecule has 0 saturated heterocycles. The van der Waals surface area contributed by atoms with Gasteiger partial charge in [-0.3, -0.25) is 4.79 Å². The molecule has 0 unspecified atom stereocenters. The van der Waals surface area contributed by atoms with E-state index < -0.39 is 0 Å². The van der Waals surface area contributed by atoms with E-state index in [-0.39, 0.29) is 23.7 Å². The van der Waals surface area contributed by atoms with E-state index >= 15 is 0 Å². The van der Waals surface area contributed by atoms with E-state index in [1.165, 1.54) is 10.2 Å². The summed E-state index contributed by atoms with van der Waals surface area (Å²) in [5.74, 6) is 0.510. The molecule has 6 nitrogen and oxygen atoms in total. The number of fused-ring (bicyclic) bond motifs is 1. The Morgan fingerprint density at radius 2 is 1.72 bits per heavy atom. The zero-order valence-corrected chi connectivity index (χ0v) is 17.0.